The molecule has 172 valence electrons. The number of ether oxygens (including phenoxy) is 2. The van der Waals surface area contributed by atoms with E-state index in [0.717, 1.165) is 48.2 Å². The van der Waals surface area contributed by atoms with Crippen LogP contribution >= 0.6 is 0 Å². The van der Waals surface area contributed by atoms with Gasteiger partial charge in [-0.05, 0) is 24.1 Å². The molecule has 1 fully saturated rings. The highest BCUT2D eigenvalue weighted by molar-refractivity contribution is 5.93. The average molecular weight is 440 g/mol. The van der Waals surface area contributed by atoms with Gasteiger partial charge in [-0.25, -0.2) is 0 Å². The van der Waals surface area contributed by atoms with Crippen LogP contribution in [0, 0.1) is 0 Å². The highest BCUT2D eigenvalue weighted by atomic mass is 16.5. The molecule has 32 heavy (non-hydrogen) atoms. The Labute approximate surface area is 190 Å². The van der Waals surface area contributed by atoms with Crippen molar-refractivity contribution >= 4 is 17.6 Å². The number of aliphatic imine (C=N–C) groups is 1. The summed E-state index contributed by atoms with van der Waals surface area (Å²) < 4.78 is 10.8. The fraction of sp³-hybridized carbons (Fsp3) is 0.417. The van der Waals surface area contributed by atoms with Crippen molar-refractivity contribution in [2.45, 2.75) is 19.0 Å². The maximum Gasteiger partial charge on any atom is 0.253 e. The quantitative estimate of drug-likeness (QED) is 0.509. The normalized spacial score (nSPS) is 16.0. The van der Waals surface area contributed by atoms with Crippen molar-refractivity contribution in [2.24, 2.45) is 4.99 Å². The number of rotatable bonds is 7. The molecule has 8 nitrogen and oxygen atoms in total. The minimum atomic E-state index is 0.00132. The monoisotopic (exact) mass is 439 g/mol. The van der Waals surface area contributed by atoms with E-state index in [-0.39, 0.29) is 11.9 Å². The van der Waals surface area contributed by atoms with E-state index in [0.29, 0.717) is 12.1 Å². The predicted molar refractivity (Wildman–Crippen MR) is 128 cm³/mol. The standard InChI is InChI=1S/C24H33N5O3/c1-25-24(26-15-17-6-8-18(9-7-17)23(30)28(2)3)27-19-10-11-29(16-19)20-12-21(31-4)14-22(13-20)32-5/h6-9,12-14,19H,10-11,15-16H2,1-5H3,(H2,25,26,27). The van der Waals surface area contributed by atoms with E-state index in [4.69, 9.17) is 9.47 Å². The summed E-state index contributed by atoms with van der Waals surface area (Å²) in [4.78, 5) is 20.3. The van der Waals surface area contributed by atoms with Gasteiger partial charge in [-0.1, -0.05) is 12.1 Å². The van der Waals surface area contributed by atoms with Gasteiger partial charge in [-0.15, -0.1) is 0 Å². The van der Waals surface area contributed by atoms with Crippen LogP contribution in [-0.2, 0) is 6.54 Å². The van der Waals surface area contributed by atoms with Gasteiger partial charge in [0.15, 0.2) is 5.96 Å². The van der Waals surface area contributed by atoms with Crippen molar-refractivity contribution in [3.8, 4) is 11.5 Å². The van der Waals surface area contributed by atoms with Gasteiger partial charge >= 0.3 is 0 Å². The van der Waals surface area contributed by atoms with Gasteiger partial charge in [0.05, 0.1) is 14.2 Å². The minimum absolute atomic E-state index is 0.00132. The molecule has 2 aromatic rings. The number of benzene rings is 2. The summed E-state index contributed by atoms with van der Waals surface area (Å²) in [5.74, 6) is 2.33. The van der Waals surface area contributed by atoms with Gasteiger partial charge in [0.25, 0.3) is 5.91 Å². The molecule has 1 amide bonds. The summed E-state index contributed by atoms with van der Waals surface area (Å²) in [6.45, 7) is 2.42. The van der Waals surface area contributed by atoms with Gasteiger partial charge in [0.2, 0.25) is 0 Å². The van der Waals surface area contributed by atoms with Crippen LogP contribution in [0.1, 0.15) is 22.3 Å². The summed E-state index contributed by atoms with van der Waals surface area (Å²) in [5, 5.41) is 6.87. The topological polar surface area (TPSA) is 78.4 Å². The molecule has 1 aliphatic rings. The molecular formula is C24H33N5O3. The third-order valence-corrected chi connectivity index (χ3v) is 5.52. The van der Waals surface area contributed by atoms with Crippen molar-refractivity contribution in [3.05, 3.63) is 53.6 Å². The van der Waals surface area contributed by atoms with Crippen LogP contribution < -0.4 is 25.0 Å². The molecule has 0 spiro atoms. The van der Waals surface area contributed by atoms with Crippen LogP contribution in [0.2, 0.25) is 0 Å². The Balaban J connectivity index is 1.54. The Morgan fingerprint density at radius 2 is 1.78 bits per heavy atom. The molecule has 1 atom stereocenters. The molecule has 3 rings (SSSR count). The largest absolute Gasteiger partial charge is 0.497 e. The second-order valence-electron chi connectivity index (χ2n) is 7.97. The van der Waals surface area contributed by atoms with Crippen LogP contribution in [0.25, 0.3) is 0 Å². The third kappa shape index (κ3) is 5.84. The number of nitrogens with one attached hydrogen (secondary N) is 2. The predicted octanol–water partition coefficient (Wildman–Crippen LogP) is 2.35. The van der Waals surface area contributed by atoms with Crippen molar-refractivity contribution in [2.75, 3.05) is 53.4 Å². The summed E-state index contributed by atoms with van der Waals surface area (Å²) in [6, 6.07) is 13.8. The Hall–Kier alpha value is -3.42. The first-order valence-corrected chi connectivity index (χ1v) is 10.7. The molecular weight excluding hydrogens is 406 g/mol. The Morgan fingerprint density at radius 1 is 1.12 bits per heavy atom. The number of carbonyl (C=O) groups excluding carboxylic acids is 1. The molecule has 1 saturated heterocycles. The van der Waals surface area contributed by atoms with E-state index in [2.05, 4.69) is 20.5 Å². The summed E-state index contributed by atoms with van der Waals surface area (Å²) in [6.07, 6.45) is 1.00. The molecule has 0 radical (unpaired) electrons. The van der Waals surface area contributed by atoms with E-state index in [1.165, 1.54) is 0 Å². The average Bonchev–Trinajstić information content (AvgIpc) is 3.29. The van der Waals surface area contributed by atoms with Crippen molar-refractivity contribution in [1.82, 2.24) is 15.5 Å². The van der Waals surface area contributed by atoms with E-state index in [1.54, 1.807) is 40.3 Å². The molecule has 1 heterocycles. The number of hydrogen-bond donors (Lipinski definition) is 2. The summed E-state index contributed by atoms with van der Waals surface area (Å²) >= 11 is 0. The molecule has 0 bridgehead atoms. The van der Waals surface area contributed by atoms with E-state index in [9.17, 15) is 4.79 Å². The fourth-order valence-electron chi connectivity index (χ4n) is 3.68. The Bertz CT molecular complexity index is 921. The number of anilines is 1. The zero-order valence-corrected chi connectivity index (χ0v) is 19.5. The summed E-state index contributed by atoms with van der Waals surface area (Å²) in [5.41, 5.74) is 2.85. The Morgan fingerprint density at radius 3 is 2.34 bits per heavy atom. The number of methoxy groups -OCH3 is 2. The molecule has 1 unspecified atom stereocenters. The highest BCUT2D eigenvalue weighted by Gasteiger charge is 2.24. The van der Waals surface area contributed by atoms with Gasteiger partial charge in [-0.2, -0.15) is 0 Å². The molecule has 2 aromatic carbocycles. The number of carbonyl (C=O) groups is 1. The fourth-order valence-corrected chi connectivity index (χ4v) is 3.68. The van der Waals surface area contributed by atoms with Gasteiger partial charge in [0.1, 0.15) is 11.5 Å². The van der Waals surface area contributed by atoms with Crippen molar-refractivity contribution < 1.29 is 14.3 Å². The number of amides is 1. The lowest BCUT2D eigenvalue weighted by atomic mass is 10.1. The number of guanidine groups is 1. The smallest absolute Gasteiger partial charge is 0.253 e. The van der Waals surface area contributed by atoms with Gasteiger partial charge < -0.3 is 29.9 Å². The van der Waals surface area contributed by atoms with Crippen LogP contribution in [0.5, 0.6) is 11.5 Å². The number of hydrogen-bond acceptors (Lipinski definition) is 5. The molecule has 8 heteroatoms. The molecule has 0 aromatic heterocycles. The molecule has 2 N–H and O–H groups in total. The van der Waals surface area contributed by atoms with E-state index in [1.807, 2.05) is 42.5 Å². The van der Waals surface area contributed by atoms with Crippen LogP contribution in [0.4, 0.5) is 5.69 Å². The third-order valence-electron chi connectivity index (χ3n) is 5.52. The maximum absolute atomic E-state index is 12.0. The van der Waals surface area contributed by atoms with E-state index >= 15 is 0 Å². The second-order valence-corrected chi connectivity index (χ2v) is 7.97. The lowest BCUT2D eigenvalue weighted by Crippen LogP contribution is -2.44. The molecule has 0 aliphatic carbocycles. The van der Waals surface area contributed by atoms with Crippen molar-refractivity contribution in [1.29, 1.82) is 0 Å². The van der Waals surface area contributed by atoms with Crippen molar-refractivity contribution in [3.63, 3.8) is 0 Å². The summed E-state index contributed by atoms with van der Waals surface area (Å²) in [7, 11) is 8.60. The second kappa shape index (κ2) is 10.7. The lowest BCUT2D eigenvalue weighted by molar-refractivity contribution is 0.0827. The van der Waals surface area contributed by atoms with Crippen LogP contribution in [0.15, 0.2) is 47.5 Å². The zero-order valence-electron chi connectivity index (χ0n) is 19.5. The SMILES string of the molecule is CN=C(NCc1ccc(C(=O)N(C)C)cc1)NC1CCN(c2cc(OC)cc(OC)c2)C1. The molecule has 1 aliphatic heterocycles. The van der Waals surface area contributed by atoms with Gasteiger partial charge in [-0.3, -0.25) is 9.79 Å². The number of nitrogens with zero attached hydrogens (tertiary/aromatic N) is 3. The highest BCUT2D eigenvalue weighted by Crippen LogP contribution is 2.30. The minimum Gasteiger partial charge on any atom is -0.497 e. The van der Waals surface area contributed by atoms with E-state index < -0.39 is 0 Å². The first-order valence-electron chi connectivity index (χ1n) is 10.7. The van der Waals surface area contributed by atoms with Crippen LogP contribution in [-0.4, -0.2) is 71.3 Å². The first-order chi connectivity index (χ1) is 15.4. The van der Waals surface area contributed by atoms with Crippen LogP contribution in [0.3, 0.4) is 0 Å². The first kappa shape index (κ1) is 23.2. The lowest BCUT2D eigenvalue weighted by Gasteiger charge is -2.21. The zero-order chi connectivity index (χ0) is 23.1. The maximum atomic E-state index is 12.0. The molecule has 0 saturated carbocycles. The Kier molecular flexibility index (Phi) is 7.81. The van der Waals surface area contributed by atoms with Gasteiger partial charge in [0, 0.05) is 76.3 Å².